The van der Waals surface area contributed by atoms with Crippen LogP contribution in [-0.2, 0) is 0 Å². The Morgan fingerprint density at radius 1 is 0.523 bits per heavy atom. The molecule has 0 aromatic heterocycles. The van der Waals surface area contributed by atoms with E-state index in [9.17, 15) is 20.4 Å². The maximum atomic E-state index is 10.4. The number of rotatable bonds is 10. The zero-order valence-corrected chi connectivity index (χ0v) is 28.6. The Labute approximate surface area is 267 Å². The molecule has 4 nitrogen and oxygen atoms in total. The van der Waals surface area contributed by atoms with E-state index in [0.717, 1.165) is 44.6 Å². The van der Waals surface area contributed by atoms with Gasteiger partial charge in [0, 0.05) is 10.8 Å². The van der Waals surface area contributed by atoms with E-state index in [0.29, 0.717) is 12.8 Å². The Kier molecular flexibility index (Phi) is 13.8. The molecule has 0 aromatic carbocycles. The molecule has 0 aliphatic heterocycles. The maximum absolute atomic E-state index is 10.4. The highest BCUT2D eigenvalue weighted by Gasteiger charge is 2.41. The molecule has 0 radical (unpaired) electrons. The number of aliphatic hydroxyl groups excluding tert-OH is 4. The first kappa shape index (κ1) is 37.2. The maximum Gasteiger partial charge on any atom is 0.0893 e. The van der Waals surface area contributed by atoms with Crippen LogP contribution in [0.1, 0.15) is 82.1 Å². The van der Waals surface area contributed by atoms with Crippen LogP contribution in [0, 0.1) is 10.8 Å². The van der Waals surface area contributed by atoms with Gasteiger partial charge in [0.2, 0.25) is 0 Å². The molecule has 2 rings (SSSR count). The minimum Gasteiger partial charge on any atom is -0.390 e. The minimum atomic E-state index is -0.768. The van der Waals surface area contributed by atoms with Crippen molar-refractivity contribution in [2.24, 2.45) is 10.8 Å². The summed E-state index contributed by atoms with van der Waals surface area (Å²) in [5.74, 6) is 0. The summed E-state index contributed by atoms with van der Waals surface area (Å²) in [7, 11) is 0. The first-order valence-electron chi connectivity index (χ1n) is 15.7. The van der Waals surface area contributed by atoms with Crippen LogP contribution in [0.2, 0.25) is 0 Å². The Balaban J connectivity index is 1.94. The predicted molar refractivity (Wildman–Crippen MR) is 187 cm³/mol. The summed E-state index contributed by atoms with van der Waals surface area (Å²) in [6.07, 6.45) is 26.9. The summed E-state index contributed by atoms with van der Waals surface area (Å²) in [6.45, 7) is 20.2. The molecule has 44 heavy (non-hydrogen) atoms. The number of hydrogen-bond donors (Lipinski definition) is 4. The second-order valence-corrected chi connectivity index (χ2v) is 13.7. The van der Waals surface area contributed by atoms with E-state index < -0.39 is 35.2 Å². The van der Waals surface area contributed by atoms with Gasteiger partial charge in [-0.3, -0.25) is 0 Å². The zero-order chi connectivity index (χ0) is 33.2. The Morgan fingerprint density at radius 3 is 1.16 bits per heavy atom. The molecule has 4 unspecified atom stereocenters. The van der Waals surface area contributed by atoms with Crippen molar-refractivity contribution in [3.05, 3.63) is 130 Å². The zero-order valence-electron chi connectivity index (χ0n) is 28.6. The van der Waals surface area contributed by atoms with E-state index in [-0.39, 0.29) is 0 Å². The summed E-state index contributed by atoms with van der Waals surface area (Å²) in [5, 5.41) is 41.1. The fraction of sp³-hybridized carbons (Fsp3) is 0.450. The van der Waals surface area contributed by atoms with Crippen molar-refractivity contribution in [3.8, 4) is 0 Å². The van der Waals surface area contributed by atoms with E-state index in [1.165, 1.54) is 0 Å². The van der Waals surface area contributed by atoms with Gasteiger partial charge in [-0.1, -0.05) is 146 Å². The lowest BCUT2D eigenvalue weighted by Crippen LogP contribution is -2.44. The first-order valence-corrected chi connectivity index (χ1v) is 15.7. The topological polar surface area (TPSA) is 80.9 Å². The highest BCUT2D eigenvalue weighted by atomic mass is 16.3. The molecule has 4 atom stereocenters. The average Bonchev–Trinajstić information content (AvgIpc) is 2.92. The van der Waals surface area contributed by atoms with E-state index >= 15 is 0 Å². The molecule has 240 valence electrons. The van der Waals surface area contributed by atoms with Gasteiger partial charge in [0.25, 0.3) is 0 Å². The average molecular weight is 601 g/mol. The highest BCUT2D eigenvalue weighted by Crippen LogP contribution is 2.42. The third-order valence-electron chi connectivity index (χ3n) is 8.84. The summed E-state index contributed by atoms with van der Waals surface area (Å²) in [6, 6.07) is 0. The fourth-order valence-corrected chi connectivity index (χ4v) is 5.93. The molecule has 2 aliphatic rings. The molecule has 2 aliphatic carbocycles. The van der Waals surface area contributed by atoms with Crippen molar-refractivity contribution in [2.75, 3.05) is 0 Å². The van der Waals surface area contributed by atoms with Gasteiger partial charge < -0.3 is 20.4 Å². The first-order chi connectivity index (χ1) is 20.5. The van der Waals surface area contributed by atoms with Gasteiger partial charge in [0.1, 0.15) is 0 Å². The monoisotopic (exact) mass is 600 g/mol. The normalized spacial score (nSPS) is 27.9. The molecule has 0 saturated carbocycles. The SMILES string of the molecule is CC(C=CC=C(C)C=CC1=C(C)CC(O)C(O)C1(C)C)=CC=CC=C(C)C=CC=C(C)C=CC1=C(C)CC(O)C(O)C1(C)C. The molecule has 4 N–H and O–H groups in total. The molecule has 0 spiro atoms. The second-order valence-electron chi connectivity index (χ2n) is 13.7. The van der Waals surface area contributed by atoms with Crippen LogP contribution in [0.3, 0.4) is 0 Å². The van der Waals surface area contributed by atoms with Crippen LogP contribution in [0.5, 0.6) is 0 Å². The molecule has 4 heteroatoms. The van der Waals surface area contributed by atoms with Crippen LogP contribution in [-0.4, -0.2) is 44.8 Å². The minimum absolute atomic E-state index is 0.489. The molecule has 0 bridgehead atoms. The fourth-order valence-electron chi connectivity index (χ4n) is 5.93. The van der Waals surface area contributed by atoms with E-state index in [1.54, 1.807) is 0 Å². The van der Waals surface area contributed by atoms with Crippen LogP contribution in [0.25, 0.3) is 0 Å². The lowest BCUT2D eigenvalue weighted by atomic mass is 9.69. The number of aliphatic hydroxyl groups is 4. The molecular formula is C40H56O4. The van der Waals surface area contributed by atoms with E-state index in [4.69, 9.17) is 0 Å². The molecule has 0 saturated heterocycles. The van der Waals surface area contributed by atoms with E-state index in [2.05, 4.69) is 88.5 Å². The van der Waals surface area contributed by atoms with Crippen LogP contribution in [0.15, 0.2) is 130 Å². The standard InChI is InChI=1S/C40H56O4/c1-27(17-13-19-29(3)21-23-33-31(5)25-35(41)37(43)39(33,7)8)15-11-12-16-28(2)18-14-20-30(4)22-24-34-32(6)26-36(42)38(44)40(34,9)10/h11-24,35-38,41-44H,25-26H2,1-10H3. The second kappa shape index (κ2) is 16.3. The lowest BCUT2D eigenvalue weighted by Gasteiger charge is -2.40. The van der Waals surface area contributed by atoms with Gasteiger partial charge in [0.05, 0.1) is 24.4 Å². The largest absolute Gasteiger partial charge is 0.390 e. The Morgan fingerprint density at radius 2 is 0.818 bits per heavy atom. The highest BCUT2D eigenvalue weighted by molar-refractivity contribution is 5.40. The van der Waals surface area contributed by atoms with Crippen molar-refractivity contribution in [3.63, 3.8) is 0 Å². The molecule has 0 aromatic rings. The molecule has 0 amide bonds. The van der Waals surface area contributed by atoms with Crippen molar-refractivity contribution < 1.29 is 20.4 Å². The molecular weight excluding hydrogens is 544 g/mol. The smallest absolute Gasteiger partial charge is 0.0893 e. The van der Waals surface area contributed by atoms with Gasteiger partial charge in [-0.05, 0) is 65.5 Å². The summed E-state index contributed by atoms with van der Waals surface area (Å²) in [4.78, 5) is 0. The molecule has 0 heterocycles. The van der Waals surface area contributed by atoms with Gasteiger partial charge in [-0.25, -0.2) is 0 Å². The van der Waals surface area contributed by atoms with Crippen molar-refractivity contribution in [1.82, 2.24) is 0 Å². The lowest BCUT2D eigenvalue weighted by molar-refractivity contribution is -0.0439. The van der Waals surface area contributed by atoms with E-state index in [1.807, 2.05) is 65.8 Å². The van der Waals surface area contributed by atoms with Gasteiger partial charge in [0.15, 0.2) is 0 Å². The summed E-state index contributed by atoms with van der Waals surface area (Å²) < 4.78 is 0. The Hall–Kier alpha value is -3.02. The van der Waals surface area contributed by atoms with Gasteiger partial charge in [-0.2, -0.15) is 0 Å². The summed E-state index contributed by atoms with van der Waals surface area (Å²) >= 11 is 0. The third kappa shape index (κ3) is 10.3. The quantitative estimate of drug-likeness (QED) is 0.190. The summed E-state index contributed by atoms with van der Waals surface area (Å²) in [5.41, 5.74) is 7.93. The van der Waals surface area contributed by atoms with Gasteiger partial charge >= 0.3 is 0 Å². The van der Waals surface area contributed by atoms with Gasteiger partial charge in [-0.15, -0.1) is 0 Å². The number of allylic oxidation sites excluding steroid dienone is 18. The molecule has 0 fully saturated rings. The number of hydrogen-bond acceptors (Lipinski definition) is 4. The predicted octanol–water partition coefficient (Wildman–Crippen LogP) is 8.49. The van der Waals surface area contributed by atoms with Crippen LogP contribution >= 0.6 is 0 Å². The Bertz CT molecular complexity index is 1260. The van der Waals surface area contributed by atoms with Crippen LogP contribution in [0.4, 0.5) is 0 Å². The van der Waals surface area contributed by atoms with Crippen molar-refractivity contribution in [2.45, 2.75) is 106 Å². The van der Waals surface area contributed by atoms with Crippen LogP contribution < -0.4 is 0 Å². The van der Waals surface area contributed by atoms with Crippen molar-refractivity contribution >= 4 is 0 Å². The van der Waals surface area contributed by atoms with Crippen molar-refractivity contribution in [1.29, 1.82) is 0 Å². The third-order valence-corrected chi connectivity index (χ3v) is 8.84.